The molecule has 2 heterocycles. The lowest BCUT2D eigenvalue weighted by atomic mass is 10.0. The molecule has 4 rings (SSSR count). The Morgan fingerprint density at radius 2 is 1.83 bits per heavy atom. The van der Waals surface area contributed by atoms with E-state index in [1.807, 2.05) is 55.5 Å². The normalized spacial score (nSPS) is 15.3. The Morgan fingerprint density at radius 1 is 1.14 bits per heavy atom. The molecule has 0 unspecified atom stereocenters. The molecule has 1 aromatic heterocycles. The molecule has 0 saturated heterocycles. The molecule has 1 aliphatic heterocycles. The van der Waals surface area contributed by atoms with E-state index < -0.39 is 6.04 Å². The Balaban J connectivity index is 1.47. The van der Waals surface area contributed by atoms with Gasteiger partial charge in [-0.3, -0.25) is 14.9 Å². The minimum Gasteiger partial charge on any atom is -0.326 e. The van der Waals surface area contributed by atoms with E-state index in [-0.39, 0.29) is 18.2 Å². The zero-order valence-corrected chi connectivity index (χ0v) is 16.6. The number of nitrogens with zero attached hydrogens (tertiary/aromatic N) is 3. The van der Waals surface area contributed by atoms with Crippen LogP contribution in [0, 0.1) is 6.92 Å². The monoisotopic (exact) mass is 389 g/mol. The summed E-state index contributed by atoms with van der Waals surface area (Å²) in [5.74, 6) is 0.790. The number of hydrogen-bond donors (Lipinski definition) is 2. The molecule has 0 bridgehead atoms. The van der Waals surface area contributed by atoms with Crippen molar-refractivity contribution in [2.75, 3.05) is 10.6 Å². The van der Waals surface area contributed by atoms with Crippen LogP contribution in [0.15, 0.2) is 48.5 Å². The Labute approximate surface area is 169 Å². The van der Waals surface area contributed by atoms with Crippen molar-refractivity contribution in [1.29, 1.82) is 0 Å². The third kappa shape index (κ3) is 3.89. The van der Waals surface area contributed by atoms with Crippen molar-refractivity contribution in [3.05, 3.63) is 59.7 Å². The number of amides is 2. The predicted octanol–water partition coefficient (Wildman–Crippen LogP) is 3.90. The average Bonchev–Trinajstić information content (AvgIpc) is 3.21. The van der Waals surface area contributed by atoms with Gasteiger partial charge in [-0.05, 0) is 30.5 Å². The summed E-state index contributed by atoms with van der Waals surface area (Å²) in [4.78, 5) is 29.2. The Hall–Kier alpha value is -3.48. The Kier molecular flexibility index (Phi) is 4.88. The van der Waals surface area contributed by atoms with Crippen molar-refractivity contribution in [3.63, 3.8) is 0 Å². The van der Waals surface area contributed by atoms with Crippen molar-refractivity contribution in [2.45, 2.75) is 39.2 Å². The second kappa shape index (κ2) is 7.50. The quantitative estimate of drug-likeness (QED) is 0.693. The SMILES string of the molecule is Cc1ccc(-c2nc3n(n2)[C@@H](CC(=O)Nc2ccc(C(C)C)cc2)C(=O)N3)cc1. The van der Waals surface area contributed by atoms with Crippen LogP contribution in [0.25, 0.3) is 11.4 Å². The van der Waals surface area contributed by atoms with Gasteiger partial charge in [0.05, 0.1) is 6.42 Å². The molecular formula is C22H23N5O2. The van der Waals surface area contributed by atoms with E-state index in [4.69, 9.17) is 0 Å². The lowest BCUT2D eigenvalue weighted by Gasteiger charge is -2.11. The first-order valence-corrected chi connectivity index (χ1v) is 9.65. The number of anilines is 2. The molecule has 1 atom stereocenters. The molecule has 2 N–H and O–H groups in total. The number of aromatic nitrogens is 3. The molecule has 1 aliphatic rings. The fraction of sp³-hybridized carbons (Fsp3) is 0.273. The van der Waals surface area contributed by atoms with Gasteiger partial charge in [0, 0.05) is 11.3 Å². The van der Waals surface area contributed by atoms with Gasteiger partial charge in [0.15, 0.2) is 5.82 Å². The number of hydrogen-bond acceptors (Lipinski definition) is 4. The summed E-state index contributed by atoms with van der Waals surface area (Å²) < 4.78 is 1.50. The first-order valence-electron chi connectivity index (χ1n) is 9.65. The molecule has 0 aliphatic carbocycles. The molecule has 7 nitrogen and oxygen atoms in total. The summed E-state index contributed by atoms with van der Waals surface area (Å²) in [6.07, 6.45) is -0.0124. The van der Waals surface area contributed by atoms with Crippen LogP contribution in [-0.4, -0.2) is 26.6 Å². The minimum atomic E-state index is -0.716. The van der Waals surface area contributed by atoms with E-state index in [1.165, 1.54) is 10.2 Å². The van der Waals surface area contributed by atoms with Crippen LogP contribution in [0.5, 0.6) is 0 Å². The lowest BCUT2D eigenvalue weighted by Crippen LogP contribution is -2.23. The largest absolute Gasteiger partial charge is 0.326 e. The Morgan fingerprint density at radius 3 is 2.48 bits per heavy atom. The topological polar surface area (TPSA) is 88.9 Å². The highest BCUT2D eigenvalue weighted by Gasteiger charge is 2.35. The number of carbonyl (C=O) groups excluding carboxylic acids is 2. The predicted molar refractivity (Wildman–Crippen MR) is 112 cm³/mol. The molecule has 2 aromatic carbocycles. The molecule has 2 amide bonds. The number of aryl methyl sites for hydroxylation is 1. The molecule has 0 saturated carbocycles. The molecule has 3 aromatic rings. The van der Waals surface area contributed by atoms with Crippen LogP contribution < -0.4 is 10.6 Å². The zero-order valence-electron chi connectivity index (χ0n) is 16.6. The van der Waals surface area contributed by atoms with Crippen LogP contribution in [0.2, 0.25) is 0 Å². The molecule has 0 spiro atoms. The summed E-state index contributed by atoms with van der Waals surface area (Å²) in [6, 6.07) is 14.8. The highest BCUT2D eigenvalue weighted by Crippen LogP contribution is 2.28. The smallest absolute Gasteiger partial charge is 0.252 e. The number of benzene rings is 2. The highest BCUT2D eigenvalue weighted by molar-refractivity contribution is 6.01. The van der Waals surface area contributed by atoms with Gasteiger partial charge in [-0.1, -0.05) is 55.8 Å². The maximum Gasteiger partial charge on any atom is 0.252 e. The summed E-state index contributed by atoms with van der Waals surface area (Å²) >= 11 is 0. The standard InChI is InChI=1S/C22H23N5O2/c1-13(2)15-8-10-17(11-9-15)23-19(28)12-18-21(29)25-22-24-20(26-27(18)22)16-6-4-14(3)5-7-16/h4-11,13,18H,12H2,1-3H3,(H,23,28)(H,24,25,26,29)/t18-/m0/s1. The fourth-order valence-corrected chi connectivity index (χ4v) is 3.27. The van der Waals surface area contributed by atoms with Crippen LogP contribution in [0.4, 0.5) is 11.6 Å². The van der Waals surface area contributed by atoms with Crippen molar-refractivity contribution >= 4 is 23.5 Å². The van der Waals surface area contributed by atoms with Crippen molar-refractivity contribution in [3.8, 4) is 11.4 Å². The van der Waals surface area contributed by atoms with E-state index in [0.717, 1.165) is 11.1 Å². The molecule has 7 heteroatoms. The zero-order chi connectivity index (χ0) is 20.5. The van der Waals surface area contributed by atoms with Crippen LogP contribution in [0.3, 0.4) is 0 Å². The van der Waals surface area contributed by atoms with Crippen molar-refractivity contribution < 1.29 is 9.59 Å². The summed E-state index contributed by atoms with van der Waals surface area (Å²) in [7, 11) is 0. The number of carbonyl (C=O) groups is 2. The van der Waals surface area contributed by atoms with Gasteiger partial charge in [-0.2, -0.15) is 4.98 Å². The van der Waals surface area contributed by atoms with E-state index >= 15 is 0 Å². The molecule has 0 radical (unpaired) electrons. The van der Waals surface area contributed by atoms with Gasteiger partial charge in [0.2, 0.25) is 11.9 Å². The van der Waals surface area contributed by atoms with E-state index in [9.17, 15) is 9.59 Å². The second-order valence-electron chi connectivity index (χ2n) is 7.60. The number of fused-ring (bicyclic) bond motifs is 1. The van der Waals surface area contributed by atoms with Crippen LogP contribution >= 0.6 is 0 Å². The average molecular weight is 389 g/mol. The Bertz CT molecular complexity index is 1050. The molecule has 29 heavy (non-hydrogen) atoms. The molecule has 148 valence electrons. The van der Waals surface area contributed by atoms with Gasteiger partial charge in [0.1, 0.15) is 6.04 Å². The van der Waals surface area contributed by atoms with Gasteiger partial charge < -0.3 is 5.32 Å². The van der Waals surface area contributed by atoms with Gasteiger partial charge in [-0.15, -0.1) is 5.10 Å². The maximum absolute atomic E-state index is 12.5. The second-order valence-corrected chi connectivity index (χ2v) is 7.60. The number of nitrogens with one attached hydrogen (secondary N) is 2. The number of rotatable bonds is 5. The molecular weight excluding hydrogens is 366 g/mol. The van der Waals surface area contributed by atoms with Crippen molar-refractivity contribution in [2.24, 2.45) is 0 Å². The third-order valence-electron chi connectivity index (χ3n) is 5.01. The fourth-order valence-electron chi connectivity index (χ4n) is 3.27. The van der Waals surface area contributed by atoms with Crippen LogP contribution in [-0.2, 0) is 9.59 Å². The van der Waals surface area contributed by atoms with E-state index in [1.54, 1.807) is 0 Å². The van der Waals surface area contributed by atoms with E-state index in [0.29, 0.717) is 23.4 Å². The van der Waals surface area contributed by atoms with Crippen LogP contribution in [0.1, 0.15) is 43.4 Å². The van der Waals surface area contributed by atoms with Gasteiger partial charge in [-0.25, -0.2) is 4.68 Å². The van der Waals surface area contributed by atoms with Crippen molar-refractivity contribution in [1.82, 2.24) is 14.8 Å². The third-order valence-corrected chi connectivity index (χ3v) is 5.01. The lowest BCUT2D eigenvalue weighted by molar-refractivity contribution is -0.123. The summed E-state index contributed by atoms with van der Waals surface area (Å²) in [6.45, 7) is 6.25. The molecule has 0 fully saturated rings. The first-order chi connectivity index (χ1) is 13.9. The van der Waals surface area contributed by atoms with Gasteiger partial charge >= 0.3 is 0 Å². The first kappa shape index (κ1) is 18.9. The summed E-state index contributed by atoms with van der Waals surface area (Å²) in [5.41, 5.74) is 3.91. The van der Waals surface area contributed by atoms with E-state index in [2.05, 4.69) is 34.6 Å². The van der Waals surface area contributed by atoms with Gasteiger partial charge in [0.25, 0.3) is 5.91 Å². The highest BCUT2D eigenvalue weighted by atomic mass is 16.2. The minimum absolute atomic E-state index is 0.0124. The maximum atomic E-state index is 12.5. The summed E-state index contributed by atoms with van der Waals surface area (Å²) in [5, 5.41) is 10.0.